The maximum absolute atomic E-state index is 5.83. The summed E-state index contributed by atoms with van der Waals surface area (Å²) in [5, 5.41) is 3.60. The van der Waals surface area contributed by atoms with E-state index in [-0.39, 0.29) is 0 Å². The summed E-state index contributed by atoms with van der Waals surface area (Å²) >= 11 is 0. The largest absolute Gasteiger partial charge is 0.380 e. The Morgan fingerprint density at radius 2 is 2.08 bits per heavy atom. The molecule has 2 aliphatic rings. The quantitative estimate of drug-likeness (QED) is 0.624. The fourth-order valence-electron chi connectivity index (χ4n) is 2.17. The molecule has 70 valence electrons. The van der Waals surface area contributed by atoms with Crippen molar-refractivity contribution in [2.45, 2.75) is 43.8 Å². The summed E-state index contributed by atoms with van der Waals surface area (Å²) in [6.45, 7) is 1.82. The predicted molar refractivity (Wildman–Crippen MR) is 48.0 cm³/mol. The Hall–Kier alpha value is -0.120. The van der Waals surface area contributed by atoms with Crippen LogP contribution in [0.2, 0.25) is 0 Å². The smallest absolute Gasteiger partial charge is 0.0620 e. The van der Waals surface area contributed by atoms with E-state index in [0.29, 0.717) is 18.1 Å². The second-order valence-corrected chi connectivity index (χ2v) is 4.00. The second-order valence-electron chi connectivity index (χ2n) is 4.00. The first-order chi connectivity index (χ1) is 5.84. The van der Waals surface area contributed by atoms with Crippen molar-refractivity contribution in [2.24, 2.45) is 5.73 Å². The summed E-state index contributed by atoms with van der Waals surface area (Å²) in [4.78, 5) is 0. The number of hydrogen-bond donors (Lipinski definition) is 2. The van der Waals surface area contributed by atoms with Crippen molar-refractivity contribution in [2.75, 3.05) is 13.2 Å². The first-order valence-corrected chi connectivity index (χ1v) is 4.94. The molecule has 3 N–H and O–H groups in total. The molecule has 1 aliphatic carbocycles. The average Bonchev–Trinajstić information content (AvgIpc) is 2.63. The van der Waals surface area contributed by atoms with E-state index in [2.05, 4.69) is 5.32 Å². The summed E-state index contributed by atoms with van der Waals surface area (Å²) < 4.78 is 5.30. The van der Waals surface area contributed by atoms with Gasteiger partial charge >= 0.3 is 0 Å². The van der Waals surface area contributed by atoms with Gasteiger partial charge < -0.3 is 15.8 Å². The Morgan fingerprint density at radius 3 is 2.67 bits per heavy atom. The van der Waals surface area contributed by atoms with E-state index in [0.717, 1.165) is 19.6 Å². The zero-order chi connectivity index (χ0) is 8.39. The lowest BCUT2D eigenvalue weighted by Gasteiger charge is -2.16. The molecule has 3 unspecified atom stereocenters. The van der Waals surface area contributed by atoms with Crippen molar-refractivity contribution in [3.63, 3.8) is 0 Å². The van der Waals surface area contributed by atoms with Gasteiger partial charge in [-0.2, -0.15) is 0 Å². The molecule has 1 heterocycles. The Bertz CT molecular complexity index is 145. The number of rotatable bonds is 2. The fourth-order valence-corrected chi connectivity index (χ4v) is 2.17. The van der Waals surface area contributed by atoms with Crippen molar-refractivity contribution >= 4 is 0 Å². The van der Waals surface area contributed by atoms with Gasteiger partial charge in [0.15, 0.2) is 0 Å². The van der Waals surface area contributed by atoms with E-state index in [9.17, 15) is 0 Å². The van der Waals surface area contributed by atoms with Gasteiger partial charge in [-0.3, -0.25) is 0 Å². The Labute approximate surface area is 73.7 Å². The average molecular weight is 170 g/mol. The first kappa shape index (κ1) is 8.48. The molecule has 12 heavy (non-hydrogen) atoms. The van der Waals surface area contributed by atoms with E-state index in [4.69, 9.17) is 10.5 Å². The summed E-state index contributed by atoms with van der Waals surface area (Å²) in [7, 11) is 0. The highest BCUT2D eigenvalue weighted by Crippen LogP contribution is 2.18. The minimum absolute atomic E-state index is 0.435. The van der Waals surface area contributed by atoms with Crippen molar-refractivity contribution < 1.29 is 4.74 Å². The highest BCUT2D eigenvalue weighted by Gasteiger charge is 2.25. The SMILES string of the molecule is NC1CCC(NC2CCOC2)C1. The summed E-state index contributed by atoms with van der Waals surface area (Å²) in [6, 6.07) is 1.69. The highest BCUT2D eigenvalue weighted by molar-refractivity contribution is 4.86. The monoisotopic (exact) mass is 170 g/mol. The first-order valence-electron chi connectivity index (χ1n) is 4.94. The van der Waals surface area contributed by atoms with Gasteiger partial charge in [0.2, 0.25) is 0 Å². The third-order valence-electron chi connectivity index (χ3n) is 2.87. The van der Waals surface area contributed by atoms with E-state index in [1.807, 2.05) is 0 Å². The van der Waals surface area contributed by atoms with E-state index >= 15 is 0 Å². The molecule has 0 bridgehead atoms. The summed E-state index contributed by atoms with van der Waals surface area (Å²) in [6.07, 6.45) is 4.76. The summed E-state index contributed by atoms with van der Waals surface area (Å²) in [5.74, 6) is 0. The van der Waals surface area contributed by atoms with Gasteiger partial charge in [0.1, 0.15) is 0 Å². The predicted octanol–water partition coefficient (Wildman–Crippen LogP) is 0.245. The van der Waals surface area contributed by atoms with Crippen LogP contribution in [0.15, 0.2) is 0 Å². The van der Waals surface area contributed by atoms with Crippen LogP contribution in [0.3, 0.4) is 0 Å². The van der Waals surface area contributed by atoms with Crippen LogP contribution in [-0.2, 0) is 4.74 Å². The molecule has 2 fully saturated rings. The minimum Gasteiger partial charge on any atom is -0.380 e. The number of nitrogens with one attached hydrogen (secondary N) is 1. The molecule has 3 nitrogen and oxygen atoms in total. The van der Waals surface area contributed by atoms with Crippen LogP contribution in [0, 0.1) is 0 Å². The highest BCUT2D eigenvalue weighted by atomic mass is 16.5. The molecule has 0 spiro atoms. The Morgan fingerprint density at radius 1 is 1.17 bits per heavy atom. The maximum Gasteiger partial charge on any atom is 0.0620 e. The minimum atomic E-state index is 0.435. The van der Waals surface area contributed by atoms with Crippen LogP contribution in [0.5, 0.6) is 0 Å². The standard InChI is InChI=1S/C9H18N2O/c10-7-1-2-8(5-7)11-9-3-4-12-6-9/h7-9,11H,1-6,10H2. The molecule has 0 aromatic carbocycles. The molecule has 1 aliphatic heterocycles. The molecule has 0 aromatic rings. The molecular formula is C9H18N2O. The van der Waals surface area contributed by atoms with Crippen LogP contribution in [0.1, 0.15) is 25.7 Å². The van der Waals surface area contributed by atoms with Crippen molar-refractivity contribution in [3.8, 4) is 0 Å². The Balaban J connectivity index is 1.72. The lowest BCUT2D eigenvalue weighted by molar-refractivity contribution is 0.188. The van der Waals surface area contributed by atoms with Gasteiger partial charge in [-0.25, -0.2) is 0 Å². The maximum atomic E-state index is 5.83. The molecule has 2 rings (SSSR count). The molecule has 0 radical (unpaired) electrons. The van der Waals surface area contributed by atoms with E-state index in [1.165, 1.54) is 19.3 Å². The Kier molecular flexibility index (Phi) is 2.63. The van der Waals surface area contributed by atoms with Gasteiger partial charge in [-0.05, 0) is 25.7 Å². The van der Waals surface area contributed by atoms with Crippen LogP contribution >= 0.6 is 0 Å². The molecular weight excluding hydrogens is 152 g/mol. The lowest BCUT2D eigenvalue weighted by atomic mass is 10.2. The summed E-state index contributed by atoms with van der Waals surface area (Å²) in [5.41, 5.74) is 5.83. The third kappa shape index (κ3) is 1.97. The zero-order valence-corrected chi connectivity index (χ0v) is 7.46. The van der Waals surface area contributed by atoms with Gasteiger partial charge in [0.25, 0.3) is 0 Å². The molecule has 1 saturated carbocycles. The van der Waals surface area contributed by atoms with Crippen LogP contribution in [0.4, 0.5) is 0 Å². The number of hydrogen-bond acceptors (Lipinski definition) is 3. The topological polar surface area (TPSA) is 47.3 Å². The third-order valence-corrected chi connectivity index (χ3v) is 2.87. The van der Waals surface area contributed by atoms with E-state index in [1.54, 1.807) is 0 Å². The molecule has 3 atom stereocenters. The van der Waals surface area contributed by atoms with Gasteiger partial charge in [0, 0.05) is 24.7 Å². The van der Waals surface area contributed by atoms with Crippen molar-refractivity contribution in [3.05, 3.63) is 0 Å². The normalized spacial score (nSPS) is 42.2. The molecule has 0 amide bonds. The van der Waals surface area contributed by atoms with Gasteiger partial charge in [0.05, 0.1) is 6.61 Å². The molecule has 3 heteroatoms. The van der Waals surface area contributed by atoms with Crippen LogP contribution in [0.25, 0.3) is 0 Å². The van der Waals surface area contributed by atoms with Crippen LogP contribution < -0.4 is 11.1 Å². The second kappa shape index (κ2) is 3.73. The molecule has 0 aromatic heterocycles. The number of ether oxygens (including phenoxy) is 1. The fraction of sp³-hybridized carbons (Fsp3) is 1.00. The van der Waals surface area contributed by atoms with Gasteiger partial charge in [-0.15, -0.1) is 0 Å². The number of nitrogens with two attached hydrogens (primary N) is 1. The molecule has 1 saturated heterocycles. The van der Waals surface area contributed by atoms with Crippen molar-refractivity contribution in [1.82, 2.24) is 5.32 Å². The van der Waals surface area contributed by atoms with E-state index < -0.39 is 0 Å². The lowest BCUT2D eigenvalue weighted by Crippen LogP contribution is -2.37. The van der Waals surface area contributed by atoms with Gasteiger partial charge in [-0.1, -0.05) is 0 Å². The van der Waals surface area contributed by atoms with Crippen molar-refractivity contribution in [1.29, 1.82) is 0 Å². The van der Waals surface area contributed by atoms with Crippen LogP contribution in [-0.4, -0.2) is 31.3 Å². The zero-order valence-electron chi connectivity index (χ0n) is 7.46.